The highest BCUT2D eigenvalue weighted by atomic mass is 16.1. The van der Waals surface area contributed by atoms with Gasteiger partial charge in [-0.05, 0) is 13.8 Å². The zero-order valence-corrected chi connectivity index (χ0v) is 7.88. The van der Waals surface area contributed by atoms with Crippen molar-refractivity contribution in [2.75, 3.05) is 0 Å². The first-order valence-corrected chi connectivity index (χ1v) is 4.13. The lowest BCUT2D eigenvalue weighted by Gasteiger charge is -1.95. The number of H-pyrrole nitrogens is 1. The van der Waals surface area contributed by atoms with Crippen LogP contribution in [0.4, 0.5) is 0 Å². The molecule has 0 aliphatic heterocycles. The second-order valence-corrected chi connectivity index (χ2v) is 3.25. The molecule has 4 heteroatoms. The van der Waals surface area contributed by atoms with Gasteiger partial charge in [0.05, 0.1) is 11.1 Å². The van der Waals surface area contributed by atoms with Crippen LogP contribution in [0.15, 0.2) is 10.9 Å². The molecule has 2 rings (SSSR count). The van der Waals surface area contributed by atoms with E-state index in [-0.39, 0.29) is 5.43 Å². The molecule has 0 atom stereocenters. The van der Waals surface area contributed by atoms with Crippen molar-refractivity contribution in [3.63, 3.8) is 0 Å². The molecule has 0 radical (unpaired) electrons. The van der Waals surface area contributed by atoms with Crippen LogP contribution >= 0.6 is 0 Å². The number of hydrogen-bond donors (Lipinski definition) is 1. The number of pyridine rings is 1. The van der Waals surface area contributed by atoms with E-state index in [0.717, 1.165) is 17.0 Å². The molecule has 0 amide bonds. The number of nitrogens with zero attached hydrogens (tertiary/aromatic N) is 2. The van der Waals surface area contributed by atoms with Crippen molar-refractivity contribution in [2.24, 2.45) is 7.05 Å². The highest BCUT2D eigenvalue weighted by Crippen LogP contribution is 2.10. The van der Waals surface area contributed by atoms with Crippen molar-refractivity contribution < 1.29 is 0 Å². The maximum Gasteiger partial charge on any atom is 0.193 e. The van der Waals surface area contributed by atoms with Crippen molar-refractivity contribution in [1.82, 2.24) is 14.8 Å². The van der Waals surface area contributed by atoms with Gasteiger partial charge in [0.15, 0.2) is 5.43 Å². The Morgan fingerprint density at radius 1 is 1.46 bits per heavy atom. The van der Waals surface area contributed by atoms with E-state index in [4.69, 9.17) is 0 Å². The molecule has 2 aromatic rings. The summed E-state index contributed by atoms with van der Waals surface area (Å²) < 4.78 is 1.69. The molecule has 4 nitrogen and oxygen atoms in total. The minimum atomic E-state index is 0.0388. The SMILES string of the molecule is Cc1cc(=O)c2c(C)nn(C)c2[nH]1. The molecule has 0 aliphatic rings. The van der Waals surface area contributed by atoms with Gasteiger partial charge in [0.2, 0.25) is 0 Å². The van der Waals surface area contributed by atoms with E-state index in [1.807, 2.05) is 20.9 Å². The lowest BCUT2D eigenvalue weighted by atomic mass is 10.2. The number of fused-ring (bicyclic) bond motifs is 1. The van der Waals surface area contributed by atoms with Gasteiger partial charge >= 0.3 is 0 Å². The summed E-state index contributed by atoms with van der Waals surface area (Å²) in [6.45, 7) is 3.70. The molecule has 0 bridgehead atoms. The molecule has 68 valence electrons. The van der Waals surface area contributed by atoms with E-state index in [1.165, 1.54) is 0 Å². The average molecular weight is 177 g/mol. The summed E-state index contributed by atoms with van der Waals surface area (Å²) in [4.78, 5) is 14.7. The second-order valence-electron chi connectivity index (χ2n) is 3.25. The topological polar surface area (TPSA) is 50.7 Å². The molecule has 0 aromatic carbocycles. The van der Waals surface area contributed by atoms with Crippen LogP contribution in [0.2, 0.25) is 0 Å². The van der Waals surface area contributed by atoms with Crippen LogP contribution in [0.3, 0.4) is 0 Å². The summed E-state index contributed by atoms with van der Waals surface area (Å²) in [7, 11) is 1.82. The van der Waals surface area contributed by atoms with Gasteiger partial charge in [-0.25, -0.2) is 0 Å². The fraction of sp³-hybridized carbons (Fsp3) is 0.333. The molecule has 0 unspecified atom stereocenters. The van der Waals surface area contributed by atoms with Crippen molar-refractivity contribution >= 4 is 11.0 Å². The van der Waals surface area contributed by atoms with E-state index in [9.17, 15) is 4.79 Å². The number of nitrogens with one attached hydrogen (secondary N) is 1. The van der Waals surface area contributed by atoms with E-state index in [0.29, 0.717) is 5.39 Å². The van der Waals surface area contributed by atoms with Gasteiger partial charge in [-0.3, -0.25) is 9.48 Å². The number of aromatic amines is 1. The minimum absolute atomic E-state index is 0.0388. The predicted molar refractivity (Wildman–Crippen MR) is 50.8 cm³/mol. The van der Waals surface area contributed by atoms with Gasteiger partial charge in [-0.15, -0.1) is 0 Å². The summed E-state index contributed by atoms with van der Waals surface area (Å²) in [6.07, 6.45) is 0. The van der Waals surface area contributed by atoms with Crippen LogP contribution in [0.1, 0.15) is 11.4 Å². The lowest BCUT2D eigenvalue weighted by Crippen LogP contribution is -2.03. The van der Waals surface area contributed by atoms with Crippen molar-refractivity contribution in [2.45, 2.75) is 13.8 Å². The van der Waals surface area contributed by atoms with Crippen molar-refractivity contribution in [3.05, 3.63) is 27.7 Å². The van der Waals surface area contributed by atoms with Crippen LogP contribution in [0, 0.1) is 13.8 Å². The monoisotopic (exact) mass is 177 g/mol. The number of rotatable bonds is 0. The highest BCUT2D eigenvalue weighted by Gasteiger charge is 2.08. The highest BCUT2D eigenvalue weighted by molar-refractivity contribution is 5.77. The van der Waals surface area contributed by atoms with E-state index in [2.05, 4.69) is 10.1 Å². The number of aromatic nitrogens is 3. The summed E-state index contributed by atoms with van der Waals surface area (Å²) >= 11 is 0. The molecule has 0 fully saturated rings. The number of aryl methyl sites for hydroxylation is 3. The molecular formula is C9H11N3O. The Morgan fingerprint density at radius 3 is 2.85 bits per heavy atom. The molecular weight excluding hydrogens is 166 g/mol. The number of hydrogen-bond acceptors (Lipinski definition) is 2. The lowest BCUT2D eigenvalue weighted by molar-refractivity contribution is 0.772. The minimum Gasteiger partial charge on any atom is -0.344 e. The van der Waals surface area contributed by atoms with Crippen LogP contribution in [-0.4, -0.2) is 14.8 Å². The van der Waals surface area contributed by atoms with Crippen LogP contribution in [-0.2, 0) is 7.05 Å². The summed E-state index contributed by atoms with van der Waals surface area (Å²) in [5.41, 5.74) is 2.47. The third kappa shape index (κ3) is 1.06. The smallest absolute Gasteiger partial charge is 0.193 e. The van der Waals surface area contributed by atoms with Gasteiger partial charge in [-0.1, -0.05) is 0 Å². The van der Waals surface area contributed by atoms with E-state index < -0.39 is 0 Å². The second kappa shape index (κ2) is 2.45. The molecule has 2 aromatic heterocycles. The Hall–Kier alpha value is -1.58. The Kier molecular flexibility index (Phi) is 1.52. The van der Waals surface area contributed by atoms with Crippen LogP contribution in [0.25, 0.3) is 11.0 Å². The Balaban J connectivity index is 3.06. The van der Waals surface area contributed by atoms with Gasteiger partial charge in [-0.2, -0.15) is 5.10 Å². The third-order valence-electron chi connectivity index (χ3n) is 2.13. The van der Waals surface area contributed by atoms with Crippen molar-refractivity contribution in [3.8, 4) is 0 Å². The molecule has 0 aliphatic carbocycles. The zero-order chi connectivity index (χ0) is 9.59. The zero-order valence-electron chi connectivity index (χ0n) is 7.88. The third-order valence-corrected chi connectivity index (χ3v) is 2.13. The standard InChI is InChI=1S/C9H11N3O/c1-5-4-7(13)8-6(2)11-12(3)9(8)10-5/h4H,1-3H3,(H,10,13). The first-order chi connectivity index (χ1) is 6.09. The predicted octanol–water partition coefficient (Wildman–Crippen LogP) is 0.878. The van der Waals surface area contributed by atoms with Crippen LogP contribution in [0.5, 0.6) is 0 Å². The summed E-state index contributed by atoms with van der Waals surface area (Å²) in [5, 5.41) is 4.87. The Labute approximate surface area is 75.2 Å². The average Bonchev–Trinajstić information content (AvgIpc) is 2.27. The summed E-state index contributed by atoms with van der Waals surface area (Å²) in [6, 6.07) is 1.59. The van der Waals surface area contributed by atoms with Crippen LogP contribution < -0.4 is 5.43 Å². The van der Waals surface area contributed by atoms with E-state index in [1.54, 1.807) is 10.7 Å². The Bertz CT molecular complexity index is 521. The van der Waals surface area contributed by atoms with Gasteiger partial charge < -0.3 is 4.98 Å². The summed E-state index contributed by atoms with van der Waals surface area (Å²) in [5.74, 6) is 0. The molecule has 0 saturated carbocycles. The first-order valence-electron chi connectivity index (χ1n) is 4.13. The fourth-order valence-corrected chi connectivity index (χ4v) is 1.59. The maximum absolute atomic E-state index is 11.6. The molecule has 2 heterocycles. The first kappa shape index (κ1) is 8.04. The van der Waals surface area contributed by atoms with E-state index >= 15 is 0 Å². The van der Waals surface area contributed by atoms with Gasteiger partial charge in [0.25, 0.3) is 0 Å². The normalized spacial score (nSPS) is 11.0. The maximum atomic E-state index is 11.6. The molecule has 13 heavy (non-hydrogen) atoms. The fourth-order valence-electron chi connectivity index (χ4n) is 1.59. The van der Waals surface area contributed by atoms with Crippen molar-refractivity contribution in [1.29, 1.82) is 0 Å². The van der Waals surface area contributed by atoms with Gasteiger partial charge in [0, 0.05) is 18.8 Å². The quantitative estimate of drug-likeness (QED) is 0.649. The molecule has 1 N–H and O–H groups in total. The largest absolute Gasteiger partial charge is 0.344 e. The molecule has 0 spiro atoms. The van der Waals surface area contributed by atoms with Gasteiger partial charge in [0.1, 0.15) is 5.65 Å². The molecule has 0 saturated heterocycles. The Morgan fingerprint density at radius 2 is 2.15 bits per heavy atom.